The molecule has 0 aromatic rings. The van der Waals surface area contributed by atoms with Crippen LogP contribution in [0.1, 0.15) is 0 Å². The van der Waals surface area contributed by atoms with Crippen molar-refractivity contribution in [2.45, 2.75) is 5.38 Å². The van der Waals surface area contributed by atoms with Crippen LogP contribution < -0.4 is 0 Å². The first-order valence-electron chi connectivity index (χ1n) is 1.88. The molecule has 0 fully saturated rings. The molecule has 0 aromatic carbocycles. The van der Waals surface area contributed by atoms with Crippen LogP contribution in [0.25, 0.3) is 0 Å². The Morgan fingerprint density at radius 1 is 1.88 bits per heavy atom. The Morgan fingerprint density at radius 3 is 2.50 bits per heavy atom. The van der Waals surface area contributed by atoms with E-state index in [2.05, 4.69) is 2.64 Å². The number of alkyl halides is 2. The molecule has 43 valence electrons. The standard InChI is InChI=1S/C3H4Cl2O2.Hg/c4-1-2(5)3(6)7;/h2H,1H2,(H,6,7);/q;+1/p-1. The van der Waals surface area contributed by atoms with Crippen LogP contribution >= 0.6 is 23.2 Å². The summed E-state index contributed by atoms with van der Waals surface area (Å²) in [7, 11) is 0. The Balaban J connectivity index is 3.46. The van der Waals surface area contributed by atoms with E-state index < -0.39 is 11.3 Å². The maximum atomic E-state index is 10.4. The summed E-state index contributed by atoms with van der Waals surface area (Å²) in [5.74, 6) is -0.276. The van der Waals surface area contributed by atoms with Crippen molar-refractivity contribution < 1.29 is 34.0 Å². The van der Waals surface area contributed by atoms with E-state index in [9.17, 15) is 4.79 Å². The summed E-state index contributed by atoms with van der Waals surface area (Å²) in [5, 5.41) is -0.658. The minimum atomic E-state index is -0.658. The first-order valence-corrected chi connectivity index (χ1v) is 5.09. The molecule has 0 aliphatic heterocycles. The van der Waals surface area contributed by atoms with E-state index in [4.69, 9.17) is 23.2 Å². The summed E-state index contributed by atoms with van der Waals surface area (Å²) in [6, 6.07) is 0. The quantitative estimate of drug-likeness (QED) is 0.549. The molecule has 0 saturated heterocycles. The molecule has 0 bridgehead atoms. The predicted molar refractivity (Wildman–Crippen MR) is 26.5 cm³/mol. The summed E-state index contributed by atoms with van der Waals surface area (Å²) >= 11 is 10.6. The monoisotopic (exact) mass is 343 g/mol. The number of halogens is 2. The summed E-state index contributed by atoms with van der Waals surface area (Å²) in [4.78, 5) is 10.4. The topological polar surface area (TPSA) is 26.3 Å². The van der Waals surface area contributed by atoms with Crippen LogP contribution in [-0.4, -0.2) is 17.2 Å². The van der Waals surface area contributed by atoms with Crippen molar-refractivity contribution in [3.8, 4) is 0 Å². The fraction of sp³-hybridized carbons (Fsp3) is 0.667. The van der Waals surface area contributed by atoms with E-state index in [1.807, 2.05) is 0 Å². The average Bonchev–Trinajstić information content (AvgIpc) is 1.84. The third kappa shape index (κ3) is 3.10. The fourth-order valence-electron chi connectivity index (χ4n) is 0.153. The Hall–Kier alpha value is 0.985. The van der Waals surface area contributed by atoms with Gasteiger partial charge in [-0.2, -0.15) is 0 Å². The zero-order chi connectivity index (χ0) is 6.57. The molecule has 5 heteroatoms. The Kier molecular flexibility index (Phi) is 5.42. The minimum absolute atomic E-state index is 0.0284. The van der Waals surface area contributed by atoms with Crippen molar-refractivity contribution in [3.05, 3.63) is 0 Å². The van der Waals surface area contributed by atoms with Gasteiger partial charge in [0.2, 0.25) is 0 Å². The third-order valence-electron chi connectivity index (χ3n) is 0.533. The Labute approximate surface area is 74.1 Å². The summed E-state index contributed by atoms with van der Waals surface area (Å²) in [5.41, 5.74) is 0. The normalized spacial score (nSPS) is 13.0. The van der Waals surface area contributed by atoms with Crippen LogP contribution in [0.15, 0.2) is 0 Å². The van der Waals surface area contributed by atoms with E-state index in [0.29, 0.717) is 0 Å². The van der Waals surface area contributed by atoms with E-state index in [1.165, 1.54) is 0 Å². The van der Waals surface area contributed by atoms with Gasteiger partial charge in [-0.15, -0.1) is 0 Å². The molecule has 8 heavy (non-hydrogen) atoms. The predicted octanol–water partition coefficient (Wildman–Crippen LogP) is 0.838. The molecule has 0 radical (unpaired) electrons. The van der Waals surface area contributed by atoms with Crippen LogP contribution in [0.2, 0.25) is 0 Å². The van der Waals surface area contributed by atoms with E-state index in [1.54, 1.807) is 0 Å². The van der Waals surface area contributed by atoms with Gasteiger partial charge in [-0.25, -0.2) is 0 Å². The Morgan fingerprint density at radius 2 is 2.38 bits per heavy atom. The van der Waals surface area contributed by atoms with Crippen molar-refractivity contribution in [2.75, 3.05) is 5.88 Å². The first kappa shape index (κ1) is 8.99. The number of carbonyl (C=O) groups excluding carboxylic acids is 1. The van der Waals surface area contributed by atoms with Gasteiger partial charge in [0.25, 0.3) is 0 Å². The van der Waals surface area contributed by atoms with Gasteiger partial charge in [-0.1, -0.05) is 0 Å². The van der Waals surface area contributed by atoms with E-state index in [-0.39, 0.29) is 32.5 Å². The summed E-state index contributed by atoms with van der Waals surface area (Å²) < 4.78 is 4.44. The van der Waals surface area contributed by atoms with Gasteiger partial charge in [0.1, 0.15) is 0 Å². The number of carbonyl (C=O) groups is 1. The van der Waals surface area contributed by atoms with Crippen LogP contribution in [0.3, 0.4) is 0 Å². The molecule has 0 amide bonds. The molecule has 0 heterocycles. The van der Waals surface area contributed by atoms with Crippen LogP contribution in [-0.2, 0) is 34.0 Å². The molecule has 1 unspecified atom stereocenters. The molecule has 0 aliphatic rings. The van der Waals surface area contributed by atoms with E-state index >= 15 is 0 Å². The molecule has 1 atom stereocenters. The number of hydrogen-bond donors (Lipinski definition) is 0. The molecule has 0 aliphatic carbocycles. The van der Waals surface area contributed by atoms with Crippen molar-refractivity contribution in [2.24, 2.45) is 0 Å². The zero-order valence-corrected chi connectivity index (χ0v) is 11.1. The SMILES string of the molecule is O=C([O][Hg])C(Cl)CCl. The van der Waals surface area contributed by atoms with Gasteiger partial charge < -0.3 is 0 Å². The van der Waals surface area contributed by atoms with Gasteiger partial charge >= 0.3 is 74.4 Å². The molecular weight excluding hydrogens is 340 g/mol. The fourth-order valence-corrected chi connectivity index (χ4v) is 1.54. The second-order valence-electron chi connectivity index (χ2n) is 1.09. The zero-order valence-electron chi connectivity index (χ0n) is 4.06. The Bertz CT molecular complexity index is 87.4. The molecule has 0 spiro atoms. The van der Waals surface area contributed by atoms with Crippen LogP contribution in [0.5, 0.6) is 0 Å². The molecular formula is C3H3Cl2HgO2. The van der Waals surface area contributed by atoms with Crippen molar-refractivity contribution in [1.29, 1.82) is 0 Å². The maximum absolute atomic E-state index is 10.4. The number of hydrogen-bond acceptors (Lipinski definition) is 2. The van der Waals surface area contributed by atoms with Crippen molar-refractivity contribution >= 4 is 29.2 Å². The van der Waals surface area contributed by atoms with Gasteiger partial charge in [0.15, 0.2) is 0 Å². The summed E-state index contributed by atoms with van der Waals surface area (Å²) in [6.07, 6.45) is 0. The van der Waals surface area contributed by atoms with Gasteiger partial charge in [0, 0.05) is 0 Å². The molecule has 2 nitrogen and oxygen atoms in total. The third-order valence-corrected chi connectivity index (χ3v) is 2.44. The second-order valence-corrected chi connectivity index (χ2v) is 3.04. The van der Waals surface area contributed by atoms with Gasteiger partial charge in [0.05, 0.1) is 0 Å². The molecule has 0 N–H and O–H groups in total. The molecule has 0 aromatic heterocycles. The van der Waals surface area contributed by atoms with Gasteiger partial charge in [-0.3, -0.25) is 0 Å². The summed E-state index contributed by atoms with van der Waals surface area (Å²) in [6.45, 7) is 0. The van der Waals surface area contributed by atoms with Crippen molar-refractivity contribution in [3.63, 3.8) is 0 Å². The van der Waals surface area contributed by atoms with Crippen LogP contribution in [0.4, 0.5) is 0 Å². The average molecular weight is 343 g/mol. The number of rotatable bonds is 2. The van der Waals surface area contributed by atoms with Crippen LogP contribution in [0, 0.1) is 0 Å². The first-order chi connectivity index (χ1) is 3.72. The van der Waals surface area contributed by atoms with Gasteiger partial charge in [-0.05, 0) is 0 Å². The molecule has 0 saturated carbocycles. The second kappa shape index (κ2) is 4.83. The molecule has 0 rings (SSSR count). The van der Waals surface area contributed by atoms with Crippen molar-refractivity contribution in [1.82, 2.24) is 0 Å². The van der Waals surface area contributed by atoms with E-state index in [0.717, 1.165) is 0 Å².